The smallest absolute Gasteiger partial charge is 0.301 e. The van der Waals surface area contributed by atoms with Crippen LogP contribution in [0.15, 0.2) is 48.8 Å². The molecule has 1 aliphatic heterocycles. The molecule has 2 heterocycles. The van der Waals surface area contributed by atoms with Crippen LogP contribution in [-0.4, -0.2) is 48.0 Å². The number of aliphatic hydroxyl groups is 1. The Kier molecular flexibility index (Phi) is 7.92. The van der Waals surface area contributed by atoms with Crippen molar-refractivity contribution in [1.82, 2.24) is 14.6 Å². The summed E-state index contributed by atoms with van der Waals surface area (Å²) in [7, 11) is -3.54. The zero-order chi connectivity index (χ0) is 24.2. The minimum absolute atomic E-state index is 0.242. The maximum atomic E-state index is 13.0. The third-order valence-corrected chi connectivity index (χ3v) is 8.79. The molecule has 3 N–H and O–H groups in total. The molecule has 0 spiro atoms. The van der Waals surface area contributed by atoms with Crippen LogP contribution in [-0.2, 0) is 16.6 Å². The van der Waals surface area contributed by atoms with E-state index in [0.29, 0.717) is 37.2 Å². The summed E-state index contributed by atoms with van der Waals surface area (Å²) in [6.45, 7) is 5.86. The summed E-state index contributed by atoms with van der Waals surface area (Å²) < 4.78 is 30.4. The van der Waals surface area contributed by atoms with Crippen molar-refractivity contribution in [2.45, 2.75) is 64.0 Å². The van der Waals surface area contributed by atoms with Crippen molar-refractivity contribution >= 4 is 15.9 Å². The number of nitrogens with zero attached hydrogens (tertiary/aromatic N) is 2. The fourth-order valence-corrected chi connectivity index (χ4v) is 6.62. The lowest BCUT2D eigenvalue weighted by Gasteiger charge is -2.40. The van der Waals surface area contributed by atoms with Gasteiger partial charge in [-0.1, -0.05) is 37.5 Å². The van der Waals surface area contributed by atoms with Crippen LogP contribution < -0.4 is 10.0 Å². The van der Waals surface area contributed by atoms with Gasteiger partial charge in [0.25, 0.3) is 0 Å². The number of fused-ring (bicyclic) bond motifs is 1. The van der Waals surface area contributed by atoms with Crippen molar-refractivity contribution < 1.29 is 13.5 Å². The lowest BCUT2D eigenvalue weighted by Crippen LogP contribution is -2.46. The molecule has 4 rings (SSSR count). The zero-order valence-electron chi connectivity index (χ0n) is 20.3. The third-order valence-electron chi connectivity index (χ3n) is 7.28. The molecule has 3 atom stereocenters. The quantitative estimate of drug-likeness (QED) is 0.500. The highest BCUT2D eigenvalue weighted by Crippen LogP contribution is 2.37. The van der Waals surface area contributed by atoms with Gasteiger partial charge in [-0.2, -0.15) is 12.7 Å². The molecule has 0 bridgehead atoms. The predicted octanol–water partition coefficient (Wildman–Crippen LogP) is 3.89. The summed E-state index contributed by atoms with van der Waals surface area (Å²) in [4.78, 5) is 4.06. The second-order valence-electron chi connectivity index (χ2n) is 10.5. The largest absolute Gasteiger partial charge is 0.387 e. The summed E-state index contributed by atoms with van der Waals surface area (Å²) in [5.74, 6) is 1.20. The highest BCUT2D eigenvalue weighted by molar-refractivity contribution is 7.90. The molecule has 0 radical (unpaired) electrons. The van der Waals surface area contributed by atoms with Crippen LogP contribution in [0.4, 0.5) is 5.69 Å². The molecule has 0 amide bonds. The van der Waals surface area contributed by atoms with Gasteiger partial charge in [-0.3, -0.25) is 9.71 Å². The van der Waals surface area contributed by atoms with Crippen LogP contribution in [0, 0.1) is 11.8 Å². The Balaban J connectivity index is 1.30. The number of benzene rings is 1. The molecule has 0 unspecified atom stereocenters. The van der Waals surface area contributed by atoms with Gasteiger partial charge in [-0.15, -0.1) is 0 Å². The Labute approximate surface area is 204 Å². The van der Waals surface area contributed by atoms with Gasteiger partial charge >= 0.3 is 10.2 Å². The Morgan fingerprint density at radius 1 is 1.12 bits per heavy atom. The lowest BCUT2D eigenvalue weighted by atomic mass is 9.76. The first-order chi connectivity index (χ1) is 16.2. The number of aromatic nitrogens is 1. The van der Waals surface area contributed by atoms with Crippen LogP contribution in [0.5, 0.6) is 0 Å². The highest BCUT2D eigenvalue weighted by atomic mass is 32.2. The summed E-state index contributed by atoms with van der Waals surface area (Å²) in [6, 6.07) is 11.3. The molecule has 1 saturated carbocycles. The molecule has 8 heteroatoms. The second-order valence-corrected chi connectivity index (χ2v) is 12.2. The highest BCUT2D eigenvalue weighted by Gasteiger charge is 2.35. The molecule has 1 aliphatic carbocycles. The molecule has 1 aromatic carbocycles. The van der Waals surface area contributed by atoms with Gasteiger partial charge in [0.1, 0.15) is 0 Å². The fraction of sp³-hybridized carbons (Fsp3) is 0.577. The first kappa shape index (κ1) is 25.1. The lowest BCUT2D eigenvalue weighted by molar-refractivity contribution is 0.137. The topological polar surface area (TPSA) is 94.6 Å². The van der Waals surface area contributed by atoms with E-state index in [1.54, 1.807) is 16.7 Å². The number of aliphatic hydroxyl groups excluding tert-OH is 1. The standard InChI is InChI=1S/C26H38N4O3S/c1-26(2,28-18-25(31)22-8-5-14-27-17-22)16-20-9-11-24(12-10-20)29-34(32,33)30-15-13-21-6-3-4-7-23(21)19-30/h5,8-12,14,17,21,23,25,28-29,31H,3-4,6-7,13,15-16,18-19H2,1-2H3/t21-,23+,25-/m1/s1. The van der Waals surface area contributed by atoms with E-state index >= 15 is 0 Å². The normalized spacial score (nSPS) is 22.7. The number of nitrogens with one attached hydrogen (secondary N) is 2. The minimum Gasteiger partial charge on any atom is -0.387 e. The van der Waals surface area contributed by atoms with Crippen LogP contribution >= 0.6 is 0 Å². The molecular formula is C26H38N4O3S. The third kappa shape index (κ3) is 6.56. The van der Waals surface area contributed by atoms with Gasteiger partial charge in [-0.05, 0) is 68.7 Å². The van der Waals surface area contributed by atoms with Crippen LogP contribution in [0.25, 0.3) is 0 Å². The summed E-state index contributed by atoms with van der Waals surface area (Å²) in [6.07, 6.45) is 9.37. The predicted molar refractivity (Wildman–Crippen MR) is 136 cm³/mol. The number of rotatable bonds is 9. The van der Waals surface area contributed by atoms with Gasteiger partial charge in [0, 0.05) is 48.8 Å². The molecule has 1 saturated heterocycles. The second kappa shape index (κ2) is 10.7. The van der Waals surface area contributed by atoms with E-state index in [2.05, 4.69) is 28.9 Å². The maximum absolute atomic E-state index is 13.0. The van der Waals surface area contributed by atoms with Crippen LogP contribution in [0.1, 0.15) is 63.2 Å². The van der Waals surface area contributed by atoms with Crippen molar-refractivity contribution in [1.29, 1.82) is 0 Å². The van der Waals surface area contributed by atoms with Gasteiger partial charge in [0.2, 0.25) is 0 Å². The van der Waals surface area contributed by atoms with Gasteiger partial charge < -0.3 is 10.4 Å². The van der Waals surface area contributed by atoms with E-state index in [1.165, 1.54) is 19.3 Å². The monoisotopic (exact) mass is 486 g/mol. The van der Waals surface area contributed by atoms with Crippen molar-refractivity contribution in [2.24, 2.45) is 11.8 Å². The molecule has 2 aromatic rings. The number of anilines is 1. The maximum Gasteiger partial charge on any atom is 0.301 e. The number of pyridine rings is 1. The summed E-state index contributed by atoms with van der Waals surface area (Å²) in [5.41, 5.74) is 2.23. The van der Waals surface area contributed by atoms with E-state index in [9.17, 15) is 13.5 Å². The van der Waals surface area contributed by atoms with E-state index in [-0.39, 0.29) is 5.54 Å². The Bertz CT molecular complexity index is 1030. The SMILES string of the molecule is CC(C)(Cc1ccc(NS(=O)(=O)N2CC[C@H]3CCCC[C@H]3C2)cc1)NC[C@@H](O)c1cccnc1. The Morgan fingerprint density at radius 3 is 2.56 bits per heavy atom. The Morgan fingerprint density at radius 2 is 1.85 bits per heavy atom. The van der Waals surface area contributed by atoms with Crippen molar-refractivity contribution in [3.05, 3.63) is 59.9 Å². The van der Waals surface area contributed by atoms with Gasteiger partial charge in [-0.25, -0.2) is 0 Å². The van der Waals surface area contributed by atoms with Crippen LogP contribution in [0.3, 0.4) is 0 Å². The molecule has 7 nitrogen and oxygen atoms in total. The number of hydrogen-bond acceptors (Lipinski definition) is 5. The number of piperidine rings is 1. The molecule has 2 aliphatic rings. The van der Waals surface area contributed by atoms with Gasteiger partial charge in [0.15, 0.2) is 0 Å². The van der Waals surface area contributed by atoms with Gasteiger partial charge in [0.05, 0.1) is 6.10 Å². The first-order valence-corrected chi connectivity index (χ1v) is 13.9. The van der Waals surface area contributed by atoms with Crippen molar-refractivity contribution in [3.63, 3.8) is 0 Å². The minimum atomic E-state index is -3.54. The van der Waals surface area contributed by atoms with E-state index in [4.69, 9.17) is 0 Å². The molecule has 34 heavy (non-hydrogen) atoms. The van der Waals surface area contributed by atoms with Crippen LogP contribution in [0.2, 0.25) is 0 Å². The fourth-order valence-electron chi connectivity index (χ4n) is 5.33. The molecule has 2 fully saturated rings. The molecular weight excluding hydrogens is 448 g/mol. The summed E-state index contributed by atoms with van der Waals surface area (Å²) in [5, 5.41) is 13.8. The first-order valence-electron chi connectivity index (χ1n) is 12.4. The van der Waals surface area contributed by atoms with Crippen molar-refractivity contribution in [3.8, 4) is 0 Å². The van der Waals surface area contributed by atoms with E-state index in [0.717, 1.165) is 30.4 Å². The average Bonchev–Trinajstić information content (AvgIpc) is 2.84. The average molecular weight is 487 g/mol. The number of hydrogen-bond donors (Lipinski definition) is 3. The van der Waals surface area contributed by atoms with Crippen molar-refractivity contribution in [2.75, 3.05) is 24.4 Å². The number of β-amino-alcohol motifs (C(OH)–C–C–N with tert-alkyl or cyclic N) is 1. The zero-order valence-corrected chi connectivity index (χ0v) is 21.1. The molecule has 1 aromatic heterocycles. The molecule has 186 valence electrons. The summed E-state index contributed by atoms with van der Waals surface area (Å²) >= 11 is 0. The van der Waals surface area contributed by atoms with E-state index < -0.39 is 16.3 Å². The van der Waals surface area contributed by atoms with E-state index in [1.807, 2.05) is 36.4 Å². The Hall–Kier alpha value is -2.00.